The molecule has 4 aliphatic rings. The van der Waals surface area contributed by atoms with Crippen LogP contribution in [0, 0.1) is 11.8 Å². The number of carbonyl (C=O) groups excluding carboxylic acids is 4. The van der Waals surface area contributed by atoms with Gasteiger partial charge in [-0.05, 0) is 50.5 Å². The number of H-pyrrole nitrogens is 1. The van der Waals surface area contributed by atoms with Gasteiger partial charge in [-0.2, -0.15) is 0 Å². The lowest BCUT2D eigenvalue weighted by Gasteiger charge is -2.50. The number of halogens is 1. The van der Waals surface area contributed by atoms with E-state index in [0.29, 0.717) is 29.2 Å². The molecule has 1 aliphatic carbocycles. The first-order valence-electron chi connectivity index (χ1n) is 11.7. The Kier molecular flexibility index (Phi) is 6.39. The highest BCUT2D eigenvalue weighted by molar-refractivity contribution is 7.17. The van der Waals surface area contributed by atoms with E-state index < -0.39 is 36.3 Å². The van der Waals surface area contributed by atoms with Crippen LogP contribution in [0.3, 0.4) is 0 Å². The fourth-order valence-electron chi connectivity index (χ4n) is 5.71. The number of ketones is 1. The fraction of sp³-hybridized carbons (Fsp3) is 0.565. The average Bonchev–Trinajstić information content (AvgIpc) is 3.55. The normalized spacial score (nSPS) is 27.1. The molecule has 2 aromatic heterocycles. The number of amides is 3. The van der Waals surface area contributed by atoms with E-state index in [1.807, 2.05) is 0 Å². The Hall–Kier alpha value is -2.43. The molecule has 182 valence electrons. The molecule has 9 nitrogen and oxygen atoms in total. The predicted molar refractivity (Wildman–Crippen MR) is 127 cm³/mol. The Bertz CT molecular complexity index is 1140. The number of nitrogens with one attached hydrogen (secondary N) is 3. The average molecular weight is 507 g/mol. The highest BCUT2D eigenvalue weighted by Crippen LogP contribution is 2.41. The molecule has 3 aliphatic heterocycles. The Morgan fingerprint density at radius 2 is 2.00 bits per heavy atom. The van der Waals surface area contributed by atoms with E-state index in [1.165, 1.54) is 11.3 Å². The molecule has 5 heterocycles. The molecule has 3 amide bonds. The number of thiophene rings is 1. The van der Waals surface area contributed by atoms with Crippen molar-refractivity contribution in [2.24, 2.45) is 11.8 Å². The number of fused-ring (bicyclic) bond motifs is 4. The van der Waals surface area contributed by atoms with E-state index in [9.17, 15) is 24.3 Å². The first kappa shape index (κ1) is 23.3. The summed E-state index contributed by atoms with van der Waals surface area (Å²) in [5.74, 6) is -1.74. The van der Waals surface area contributed by atoms with E-state index in [1.54, 1.807) is 16.3 Å². The molecule has 1 saturated carbocycles. The zero-order valence-electron chi connectivity index (χ0n) is 18.5. The van der Waals surface area contributed by atoms with E-state index >= 15 is 0 Å². The van der Waals surface area contributed by atoms with Crippen molar-refractivity contribution in [1.29, 1.82) is 0 Å². The summed E-state index contributed by atoms with van der Waals surface area (Å²) < 4.78 is 0.875. The number of aliphatic hydroxyl groups excluding tert-OH is 1. The third kappa shape index (κ3) is 4.12. The maximum absolute atomic E-state index is 13.6. The van der Waals surface area contributed by atoms with Gasteiger partial charge in [0.2, 0.25) is 11.8 Å². The quantitative estimate of drug-likeness (QED) is 0.455. The SMILES string of the molecule is O=C1NCC[C@@H]1C[C@H](NC(=O)[C@@H]1C2CCC(CC2)N1C(=O)c1cc2scc(Cl)c2[nH]1)C(=O)CO. The Morgan fingerprint density at radius 3 is 2.65 bits per heavy atom. The highest BCUT2D eigenvalue weighted by atomic mass is 35.5. The molecule has 0 spiro atoms. The van der Waals surface area contributed by atoms with Gasteiger partial charge in [-0.1, -0.05) is 11.6 Å². The molecular weight excluding hydrogens is 480 g/mol. The fourth-order valence-corrected chi connectivity index (χ4v) is 6.86. The van der Waals surface area contributed by atoms with Crippen molar-refractivity contribution in [3.63, 3.8) is 0 Å². The molecule has 0 aromatic carbocycles. The molecule has 4 fully saturated rings. The van der Waals surface area contributed by atoms with Gasteiger partial charge >= 0.3 is 0 Å². The third-order valence-electron chi connectivity index (χ3n) is 7.47. The second-order valence-electron chi connectivity index (χ2n) is 9.43. The Balaban J connectivity index is 1.38. The van der Waals surface area contributed by atoms with Gasteiger partial charge in [-0.15, -0.1) is 11.3 Å². The Labute approximate surface area is 205 Å². The summed E-state index contributed by atoms with van der Waals surface area (Å²) in [7, 11) is 0. The number of rotatable bonds is 7. The van der Waals surface area contributed by atoms with Crippen molar-refractivity contribution < 1.29 is 24.3 Å². The van der Waals surface area contributed by atoms with Crippen LogP contribution in [0.25, 0.3) is 10.2 Å². The minimum Gasteiger partial charge on any atom is -0.389 e. The molecule has 2 aromatic rings. The van der Waals surface area contributed by atoms with Crippen molar-refractivity contribution in [3.05, 3.63) is 22.2 Å². The van der Waals surface area contributed by atoms with Crippen LogP contribution in [0.2, 0.25) is 5.02 Å². The second kappa shape index (κ2) is 9.31. The van der Waals surface area contributed by atoms with Gasteiger partial charge < -0.3 is 25.6 Å². The van der Waals surface area contributed by atoms with Crippen LogP contribution in [0.15, 0.2) is 11.4 Å². The molecule has 11 heteroatoms. The third-order valence-corrected chi connectivity index (χ3v) is 8.83. The summed E-state index contributed by atoms with van der Waals surface area (Å²) >= 11 is 7.65. The van der Waals surface area contributed by atoms with Crippen LogP contribution in [0.1, 0.15) is 49.0 Å². The molecule has 0 radical (unpaired) electrons. The molecule has 4 N–H and O–H groups in total. The van der Waals surface area contributed by atoms with E-state index in [-0.39, 0.29) is 30.2 Å². The maximum atomic E-state index is 13.6. The predicted octanol–water partition coefficient (Wildman–Crippen LogP) is 1.84. The number of aromatic amines is 1. The van der Waals surface area contributed by atoms with Gasteiger partial charge in [0.1, 0.15) is 18.3 Å². The van der Waals surface area contributed by atoms with E-state index in [0.717, 1.165) is 30.4 Å². The lowest BCUT2D eigenvalue weighted by atomic mass is 9.74. The first-order chi connectivity index (χ1) is 16.4. The summed E-state index contributed by atoms with van der Waals surface area (Å²) in [5, 5.41) is 17.3. The lowest BCUT2D eigenvalue weighted by molar-refractivity contribution is -0.137. The smallest absolute Gasteiger partial charge is 0.271 e. The Morgan fingerprint density at radius 1 is 1.24 bits per heavy atom. The number of aliphatic hydroxyl groups is 1. The number of carbonyl (C=O) groups is 4. The largest absolute Gasteiger partial charge is 0.389 e. The molecule has 3 saturated heterocycles. The standard InChI is InChI=1S/C23H27ClN4O5S/c24-14-10-34-18-8-16(26-19(14)18)23(33)28-13-3-1-11(2-4-13)20(28)22(32)27-15(17(30)9-29)7-12-5-6-25-21(12)31/h8,10-13,15,20,26,29H,1-7,9H2,(H,25,31)(H,27,32)/t11?,12-,13?,15+,20+/m1/s1. The zero-order chi connectivity index (χ0) is 24.0. The minimum atomic E-state index is -0.974. The van der Waals surface area contributed by atoms with Gasteiger partial charge in [0.25, 0.3) is 5.91 Å². The van der Waals surface area contributed by atoms with Crippen LogP contribution in [0.5, 0.6) is 0 Å². The summed E-state index contributed by atoms with van der Waals surface area (Å²) in [4.78, 5) is 56.3. The topological polar surface area (TPSA) is 132 Å². The van der Waals surface area contributed by atoms with Crippen molar-refractivity contribution in [3.8, 4) is 0 Å². The van der Waals surface area contributed by atoms with Gasteiger partial charge in [0.15, 0.2) is 5.78 Å². The summed E-state index contributed by atoms with van der Waals surface area (Å²) in [5.41, 5.74) is 1.10. The number of piperidine rings is 2. The van der Waals surface area contributed by atoms with Crippen LogP contribution in [-0.2, 0) is 14.4 Å². The van der Waals surface area contributed by atoms with Crippen LogP contribution in [0.4, 0.5) is 0 Å². The molecule has 2 bridgehead atoms. The van der Waals surface area contributed by atoms with Crippen molar-refractivity contribution in [2.45, 2.75) is 56.7 Å². The first-order valence-corrected chi connectivity index (χ1v) is 12.9. The number of hydrogen-bond acceptors (Lipinski definition) is 6. The summed E-state index contributed by atoms with van der Waals surface area (Å²) in [6, 6.07) is 0.0293. The molecule has 34 heavy (non-hydrogen) atoms. The summed E-state index contributed by atoms with van der Waals surface area (Å²) in [6.45, 7) is -0.192. The van der Waals surface area contributed by atoms with Crippen molar-refractivity contribution in [1.82, 2.24) is 20.5 Å². The monoisotopic (exact) mass is 506 g/mol. The molecule has 6 rings (SSSR count). The second-order valence-corrected chi connectivity index (χ2v) is 10.7. The van der Waals surface area contributed by atoms with E-state index in [2.05, 4.69) is 15.6 Å². The zero-order valence-corrected chi connectivity index (χ0v) is 20.1. The van der Waals surface area contributed by atoms with Crippen LogP contribution >= 0.6 is 22.9 Å². The van der Waals surface area contributed by atoms with Gasteiger partial charge in [-0.3, -0.25) is 19.2 Å². The van der Waals surface area contributed by atoms with Crippen molar-refractivity contribution in [2.75, 3.05) is 13.2 Å². The van der Waals surface area contributed by atoms with Gasteiger partial charge in [0, 0.05) is 23.9 Å². The molecule has 0 unspecified atom stereocenters. The lowest BCUT2D eigenvalue weighted by Crippen LogP contribution is -2.64. The van der Waals surface area contributed by atoms with E-state index in [4.69, 9.17) is 11.6 Å². The highest BCUT2D eigenvalue weighted by Gasteiger charge is 2.48. The number of aromatic nitrogens is 1. The van der Waals surface area contributed by atoms with Crippen molar-refractivity contribution >= 4 is 56.7 Å². The minimum absolute atomic E-state index is 0.00623. The molecular formula is C23H27ClN4O5S. The van der Waals surface area contributed by atoms with Crippen LogP contribution in [-0.4, -0.2) is 69.8 Å². The van der Waals surface area contributed by atoms with Gasteiger partial charge in [0.05, 0.1) is 21.3 Å². The number of hydrogen-bond donors (Lipinski definition) is 4. The maximum Gasteiger partial charge on any atom is 0.271 e. The molecule has 3 atom stereocenters. The number of Topliss-reactive ketones (excluding diaryl/α,β-unsaturated/α-hetero) is 1. The van der Waals surface area contributed by atoms with Gasteiger partial charge in [-0.25, -0.2) is 0 Å². The number of nitrogens with zero attached hydrogens (tertiary/aromatic N) is 1. The summed E-state index contributed by atoms with van der Waals surface area (Å²) in [6.07, 6.45) is 4.05. The van der Waals surface area contributed by atoms with Crippen LogP contribution < -0.4 is 10.6 Å².